The number of hydrogen-bond acceptors (Lipinski definition) is 6. The van der Waals surface area contributed by atoms with Crippen LogP contribution in [0.5, 0.6) is 5.88 Å². The third kappa shape index (κ3) is 8.96. The van der Waals surface area contributed by atoms with Gasteiger partial charge in [-0.1, -0.05) is 25.6 Å². The molecule has 0 radical (unpaired) electrons. The Kier molecular flexibility index (Phi) is 11.1. The molecule has 2 rings (SSSR count). The minimum Gasteiger partial charge on any atom is -0.478 e. The third-order valence-corrected chi connectivity index (χ3v) is 2.59. The molecule has 0 aliphatic heterocycles. The molecule has 0 amide bonds. The number of ether oxygens (including phenoxy) is 1. The SMILES string of the molecule is CC.CCOc1cc(C)ncn1.CSc1nccc(C)n1. The molecule has 2 heterocycles. The Labute approximate surface area is 131 Å². The van der Waals surface area contributed by atoms with E-state index in [4.69, 9.17) is 4.74 Å². The fraction of sp³-hybridized carbons (Fsp3) is 0.467. The lowest BCUT2D eigenvalue weighted by Crippen LogP contribution is -1.95. The summed E-state index contributed by atoms with van der Waals surface area (Å²) in [5.74, 6) is 0.648. The van der Waals surface area contributed by atoms with E-state index in [1.807, 2.05) is 53.0 Å². The van der Waals surface area contributed by atoms with Crippen molar-refractivity contribution in [1.29, 1.82) is 0 Å². The fourth-order valence-electron chi connectivity index (χ4n) is 1.18. The van der Waals surface area contributed by atoms with Gasteiger partial charge in [-0.15, -0.1) is 0 Å². The first-order valence-corrected chi connectivity index (χ1v) is 8.13. The third-order valence-electron chi connectivity index (χ3n) is 2.03. The van der Waals surface area contributed by atoms with Crippen molar-refractivity contribution in [2.24, 2.45) is 0 Å². The van der Waals surface area contributed by atoms with E-state index in [0.29, 0.717) is 12.5 Å². The van der Waals surface area contributed by atoms with Crippen molar-refractivity contribution < 1.29 is 4.74 Å². The summed E-state index contributed by atoms with van der Waals surface area (Å²) in [6.45, 7) is 10.4. The lowest BCUT2D eigenvalue weighted by Gasteiger charge is -1.99. The number of aromatic nitrogens is 4. The highest BCUT2D eigenvalue weighted by Crippen LogP contribution is 2.06. The summed E-state index contributed by atoms with van der Waals surface area (Å²) in [5, 5.41) is 0.843. The Morgan fingerprint density at radius 2 is 1.81 bits per heavy atom. The van der Waals surface area contributed by atoms with Gasteiger partial charge in [0, 0.05) is 23.7 Å². The maximum Gasteiger partial charge on any atom is 0.216 e. The van der Waals surface area contributed by atoms with Crippen LogP contribution in [-0.2, 0) is 0 Å². The van der Waals surface area contributed by atoms with Crippen molar-refractivity contribution in [3.8, 4) is 5.88 Å². The smallest absolute Gasteiger partial charge is 0.216 e. The van der Waals surface area contributed by atoms with Gasteiger partial charge in [-0.3, -0.25) is 0 Å². The second kappa shape index (κ2) is 12.1. The van der Waals surface area contributed by atoms with Crippen LogP contribution in [0.4, 0.5) is 0 Å². The highest BCUT2D eigenvalue weighted by Gasteiger charge is 1.92. The highest BCUT2D eigenvalue weighted by molar-refractivity contribution is 7.98. The molecule has 0 fully saturated rings. The van der Waals surface area contributed by atoms with Crippen molar-refractivity contribution in [1.82, 2.24) is 19.9 Å². The molecule has 0 saturated carbocycles. The molecule has 0 aliphatic rings. The van der Waals surface area contributed by atoms with Gasteiger partial charge in [0.25, 0.3) is 0 Å². The van der Waals surface area contributed by atoms with Crippen LogP contribution in [0.15, 0.2) is 29.8 Å². The lowest BCUT2D eigenvalue weighted by molar-refractivity contribution is 0.326. The fourth-order valence-corrected chi connectivity index (χ4v) is 1.58. The van der Waals surface area contributed by atoms with E-state index in [1.165, 1.54) is 6.33 Å². The number of hydrogen-bond donors (Lipinski definition) is 0. The maximum atomic E-state index is 5.14. The minimum atomic E-state index is 0.648. The van der Waals surface area contributed by atoms with Gasteiger partial charge in [0.05, 0.1) is 6.61 Å². The van der Waals surface area contributed by atoms with Crippen molar-refractivity contribution in [3.63, 3.8) is 0 Å². The van der Waals surface area contributed by atoms with Crippen LogP contribution in [0.25, 0.3) is 0 Å². The molecule has 0 atom stereocenters. The minimum absolute atomic E-state index is 0.648. The van der Waals surface area contributed by atoms with Gasteiger partial charge >= 0.3 is 0 Å². The average Bonchev–Trinajstić information content (AvgIpc) is 2.50. The van der Waals surface area contributed by atoms with Gasteiger partial charge in [0.2, 0.25) is 5.88 Å². The molecule has 21 heavy (non-hydrogen) atoms. The maximum absolute atomic E-state index is 5.14. The van der Waals surface area contributed by atoms with E-state index in [1.54, 1.807) is 18.0 Å². The second-order valence-electron chi connectivity index (χ2n) is 3.62. The van der Waals surface area contributed by atoms with E-state index < -0.39 is 0 Å². The quantitative estimate of drug-likeness (QED) is 0.636. The Hall–Kier alpha value is -1.69. The van der Waals surface area contributed by atoms with Crippen LogP contribution in [0.2, 0.25) is 0 Å². The molecule has 0 aromatic carbocycles. The number of aryl methyl sites for hydroxylation is 2. The van der Waals surface area contributed by atoms with E-state index >= 15 is 0 Å². The zero-order chi connectivity index (χ0) is 16.1. The van der Waals surface area contributed by atoms with Crippen LogP contribution >= 0.6 is 11.8 Å². The first-order chi connectivity index (χ1) is 10.2. The van der Waals surface area contributed by atoms with Crippen LogP contribution < -0.4 is 4.74 Å². The molecule has 0 saturated heterocycles. The number of thioether (sulfide) groups is 1. The van der Waals surface area contributed by atoms with Gasteiger partial charge in [0.1, 0.15) is 6.33 Å². The first kappa shape index (κ1) is 19.3. The largest absolute Gasteiger partial charge is 0.478 e. The summed E-state index contributed by atoms with van der Waals surface area (Å²) < 4.78 is 5.14. The van der Waals surface area contributed by atoms with Gasteiger partial charge in [-0.25, -0.2) is 19.9 Å². The van der Waals surface area contributed by atoms with E-state index in [2.05, 4.69) is 19.9 Å². The molecular weight excluding hydrogens is 284 g/mol. The molecule has 0 spiro atoms. The van der Waals surface area contributed by atoms with Gasteiger partial charge in [0.15, 0.2) is 5.16 Å². The number of nitrogens with zero attached hydrogens (tertiary/aromatic N) is 4. The normalized spacial score (nSPS) is 8.86. The van der Waals surface area contributed by atoms with Gasteiger partial charge < -0.3 is 4.74 Å². The Balaban J connectivity index is 0.000000342. The molecule has 0 aliphatic carbocycles. The van der Waals surface area contributed by atoms with Crippen molar-refractivity contribution in [3.05, 3.63) is 36.0 Å². The van der Waals surface area contributed by atoms with Crippen LogP contribution in [0, 0.1) is 13.8 Å². The van der Waals surface area contributed by atoms with E-state index in [0.717, 1.165) is 16.5 Å². The van der Waals surface area contributed by atoms with Crippen molar-refractivity contribution >= 4 is 11.8 Å². The molecule has 5 nitrogen and oxygen atoms in total. The van der Waals surface area contributed by atoms with Gasteiger partial charge in [-0.2, -0.15) is 0 Å². The molecule has 6 heteroatoms. The Morgan fingerprint density at radius 1 is 1.10 bits per heavy atom. The topological polar surface area (TPSA) is 60.8 Å². The summed E-state index contributed by atoms with van der Waals surface area (Å²) in [7, 11) is 0. The molecule has 2 aromatic rings. The van der Waals surface area contributed by atoms with E-state index in [-0.39, 0.29) is 0 Å². The Bertz CT molecular complexity index is 509. The van der Waals surface area contributed by atoms with Gasteiger partial charge in [-0.05, 0) is 33.1 Å². The average molecular weight is 308 g/mol. The summed E-state index contributed by atoms with van der Waals surface area (Å²) in [6.07, 6.45) is 5.24. The summed E-state index contributed by atoms with van der Waals surface area (Å²) >= 11 is 1.56. The van der Waals surface area contributed by atoms with Crippen molar-refractivity contribution in [2.75, 3.05) is 12.9 Å². The summed E-state index contributed by atoms with van der Waals surface area (Å²) in [6, 6.07) is 3.70. The second-order valence-corrected chi connectivity index (χ2v) is 4.39. The van der Waals surface area contributed by atoms with Crippen LogP contribution in [0.3, 0.4) is 0 Å². The highest BCUT2D eigenvalue weighted by atomic mass is 32.2. The zero-order valence-electron chi connectivity index (χ0n) is 13.6. The summed E-state index contributed by atoms with van der Waals surface area (Å²) in [5.41, 5.74) is 1.95. The van der Waals surface area contributed by atoms with E-state index in [9.17, 15) is 0 Å². The predicted molar refractivity (Wildman–Crippen MR) is 87.8 cm³/mol. The predicted octanol–water partition coefficient (Wildman–Crippen LogP) is 3.72. The zero-order valence-corrected chi connectivity index (χ0v) is 14.4. The summed E-state index contributed by atoms with van der Waals surface area (Å²) in [4.78, 5) is 16.0. The van der Waals surface area contributed by atoms with Crippen LogP contribution in [0.1, 0.15) is 32.2 Å². The number of rotatable bonds is 3. The molecule has 116 valence electrons. The monoisotopic (exact) mass is 308 g/mol. The van der Waals surface area contributed by atoms with Crippen molar-refractivity contribution in [2.45, 2.75) is 39.8 Å². The molecule has 0 bridgehead atoms. The molecule has 2 aromatic heterocycles. The standard InChI is InChI=1S/C7H10N2O.C6H8N2S.C2H6/c1-3-10-7-4-6(2)8-5-9-7;1-5-3-4-7-6(8-5)9-2;1-2/h4-5H,3H2,1-2H3;3-4H,1-2H3;1-2H3. The molecular formula is C15H24N4OS. The Morgan fingerprint density at radius 3 is 2.29 bits per heavy atom. The molecule has 0 N–H and O–H groups in total. The first-order valence-electron chi connectivity index (χ1n) is 6.90. The van der Waals surface area contributed by atoms with Crippen LogP contribution in [-0.4, -0.2) is 32.8 Å². The molecule has 0 unspecified atom stereocenters. The lowest BCUT2D eigenvalue weighted by atomic mass is 10.4.